The normalized spacial score (nSPS) is 11.2. The third-order valence-corrected chi connectivity index (χ3v) is 16.4. The van der Waals surface area contributed by atoms with Crippen LogP contribution in [-0.2, 0) is 0 Å². The van der Waals surface area contributed by atoms with E-state index in [9.17, 15) is 0 Å². The van der Waals surface area contributed by atoms with E-state index in [-0.39, 0.29) is 0 Å². The lowest BCUT2D eigenvalue weighted by atomic mass is 9.95. The van der Waals surface area contributed by atoms with E-state index in [2.05, 4.69) is 387 Å². The zero-order valence-corrected chi connectivity index (χ0v) is 51.6. The zero-order chi connectivity index (χ0) is 62.5. The number of aryl methyl sites for hydroxylation is 4. The molecule has 89 heavy (non-hydrogen) atoms. The second kappa shape index (κ2) is 26.9. The molecular weight excluding hydrogens is 1100 g/mol. The van der Waals surface area contributed by atoms with E-state index >= 15 is 0 Å². The highest BCUT2D eigenvalue weighted by molar-refractivity contribution is 6.92. The van der Waals surface area contributed by atoms with Crippen LogP contribution >= 0.6 is 9.79 Å². The zero-order valence-electron chi connectivity index (χ0n) is 52.6. The Kier molecular flexibility index (Phi) is 16.9. The van der Waals surface area contributed by atoms with Crippen LogP contribution in [0.3, 0.4) is 0 Å². The molecule has 0 aromatic heterocycles. The number of benzene rings is 14. The summed E-state index contributed by atoms with van der Waals surface area (Å²) in [4.78, 5) is 9.35. The molecule has 0 amide bonds. The molecule has 0 fully saturated rings. The molecule has 5 heteroatoms. The van der Waals surface area contributed by atoms with Crippen molar-refractivity contribution in [3.05, 3.63) is 362 Å². The molecular formula is C84H71N4P. The summed E-state index contributed by atoms with van der Waals surface area (Å²) in [6.07, 6.45) is 0. The van der Waals surface area contributed by atoms with Gasteiger partial charge in [-0.25, -0.2) is 0 Å². The van der Waals surface area contributed by atoms with Crippen LogP contribution in [0.25, 0.3) is 43.8 Å². The van der Waals surface area contributed by atoms with E-state index in [4.69, 9.17) is 2.56 Å². The maximum atomic E-state index is 5.90. The van der Waals surface area contributed by atoms with Gasteiger partial charge in [-0.15, -0.1) is 0 Å². The van der Waals surface area contributed by atoms with Crippen molar-refractivity contribution in [2.24, 2.45) is 0 Å². The van der Waals surface area contributed by atoms with Crippen molar-refractivity contribution in [3.63, 3.8) is 0 Å². The Hall–Kier alpha value is -10.8. The van der Waals surface area contributed by atoms with E-state index in [1.54, 1.807) is 0 Å². The summed E-state index contributed by atoms with van der Waals surface area (Å²) >= 11 is 0. The minimum absolute atomic E-state index is 0.417. The summed E-state index contributed by atoms with van der Waals surface area (Å²) in [6, 6.07) is 121. The molecule has 4 nitrogen and oxygen atoms in total. The van der Waals surface area contributed by atoms with Gasteiger partial charge in [0.1, 0.15) is 0 Å². The third kappa shape index (κ3) is 12.7. The van der Waals surface area contributed by atoms with Crippen LogP contribution in [0, 0.1) is 27.7 Å². The van der Waals surface area contributed by atoms with Crippen molar-refractivity contribution in [2.75, 3.05) is 19.6 Å². The molecule has 0 heterocycles. The van der Waals surface area contributed by atoms with Crippen LogP contribution in [-0.4, -0.2) is 2.56 Å². The highest BCUT2D eigenvalue weighted by Crippen LogP contribution is 2.44. The standard InChI is InChI=1S/C46H36N2.C38H32N2.H3P/c1-33-31-39(47(37-19-5-3-6-20-37)45-25-13-17-35-15-9-11-23-43(35)45)27-29-41(33)42-30-28-40(32-34(42)2)48(38-21-7-4-8-22-38)46-26-14-18-36-16-10-12-24-44(36)46;1-29-11-9-17-37(27-29)39(33-13-5-3-6-14-33)35-23-19-31(20-24-35)32-21-25-36(26-22-32)40(34-15-7-4-8-16-34)38-18-10-12-30(2)28-38;/h3-32H,1-2H3;3-28H,1-2H3;1H3/i;;1TD. The quantitative estimate of drug-likeness (QED) is 0.101. The Morgan fingerprint density at radius 1 is 0.258 bits per heavy atom. The van der Waals surface area contributed by atoms with Gasteiger partial charge in [0.15, 0.2) is 0 Å². The highest BCUT2D eigenvalue weighted by Gasteiger charge is 2.21. The third-order valence-electron chi connectivity index (χ3n) is 16.4. The summed E-state index contributed by atoms with van der Waals surface area (Å²) in [5.41, 5.74) is 23.5. The van der Waals surface area contributed by atoms with Gasteiger partial charge in [-0.3, -0.25) is 0 Å². The van der Waals surface area contributed by atoms with E-state index in [0.29, 0.717) is 0 Å². The Balaban J connectivity index is 0.000000171. The predicted molar refractivity (Wildman–Crippen MR) is 388 cm³/mol. The van der Waals surface area contributed by atoms with Gasteiger partial charge in [0.2, 0.25) is 0 Å². The topological polar surface area (TPSA) is 13.0 Å². The number of nitrogens with zero attached hydrogens (tertiary/aromatic N) is 4. The average molecular weight is 1170 g/mol. The predicted octanol–water partition coefficient (Wildman–Crippen LogP) is 24.2. The molecule has 14 aromatic rings. The molecule has 0 aliphatic rings. The highest BCUT2D eigenvalue weighted by atomic mass is 31.0. The number of hydrogen-bond donors (Lipinski definition) is 0. The number of rotatable bonds is 14. The molecule has 0 spiro atoms. The molecule has 14 aromatic carbocycles. The van der Waals surface area contributed by atoms with Crippen molar-refractivity contribution in [2.45, 2.75) is 27.7 Å². The molecule has 0 N–H and O–H groups in total. The SMILES string of the molecule is Cc1cc(N(c2ccccc2)c2cccc3ccccc23)ccc1-c1ccc(N(c2ccccc2)c2cccc3ccccc23)cc1C.Cc1cccc(N(c2ccccc2)c2ccc(-c3ccc(N(c4ccccc4)c4cccc(C)c4)cc3)cc2)c1.[2H]P[3H]. The Morgan fingerprint density at radius 3 is 0.876 bits per heavy atom. The molecule has 0 saturated heterocycles. The number of fused-ring (bicyclic) bond motifs is 2. The van der Waals surface area contributed by atoms with E-state index < -0.39 is 9.79 Å². The van der Waals surface area contributed by atoms with E-state index in [1.807, 2.05) is 0 Å². The second-order valence-electron chi connectivity index (χ2n) is 22.5. The Bertz CT molecular complexity index is 4390. The van der Waals surface area contributed by atoms with Gasteiger partial charge in [-0.2, -0.15) is 9.79 Å². The van der Waals surface area contributed by atoms with E-state index in [0.717, 1.165) is 56.9 Å². The summed E-state index contributed by atoms with van der Waals surface area (Å²) < 4.78 is 11.8. The lowest BCUT2D eigenvalue weighted by Gasteiger charge is -2.28. The van der Waals surface area contributed by atoms with Gasteiger partial charge >= 0.3 is 0 Å². The summed E-state index contributed by atoms with van der Waals surface area (Å²) in [5.74, 6) is 0. The molecule has 432 valence electrons. The second-order valence-corrected chi connectivity index (χ2v) is 22.5. The maximum Gasteiger partial charge on any atom is 0.0540 e. The van der Waals surface area contributed by atoms with Crippen LogP contribution in [0.15, 0.2) is 340 Å². The van der Waals surface area contributed by atoms with Crippen molar-refractivity contribution in [1.29, 1.82) is 2.56 Å². The van der Waals surface area contributed by atoms with Gasteiger partial charge in [0.25, 0.3) is 0 Å². The van der Waals surface area contributed by atoms with Crippen LogP contribution < -0.4 is 19.6 Å². The van der Waals surface area contributed by atoms with E-state index in [1.165, 1.54) is 77.4 Å². The smallest absolute Gasteiger partial charge is 0.0540 e. The molecule has 14 rings (SSSR count). The van der Waals surface area contributed by atoms with Crippen LogP contribution in [0.4, 0.5) is 68.2 Å². The lowest BCUT2D eigenvalue weighted by Crippen LogP contribution is -2.11. The van der Waals surface area contributed by atoms with Gasteiger partial charge in [-0.1, -0.05) is 206 Å². The first-order chi connectivity index (χ1) is 44.7. The van der Waals surface area contributed by atoms with Gasteiger partial charge in [0, 0.05) is 67.6 Å². The Morgan fingerprint density at radius 2 is 0.528 bits per heavy atom. The summed E-state index contributed by atoms with van der Waals surface area (Å²) in [5, 5.41) is 4.92. The first kappa shape index (κ1) is 56.1. The van der Waals surface area contributed by atoms with Crippen molar-refractivity contribution < 1.29 is 0 Å². The molecule has 0 radical (unpaired) electrons. The fourth-order valence-corrected chi connectivity index (χ4v) is 12.2. The van der Waals surface area contributed by atoms with Crippen molar-refractivity contribution in [3.8, 4) is 22.3 Å². The van der Waals surface area contributed by atoms with Gasteiger partial charge in [-0.05, 0) is 216 Å². The minimum Gasteiger partial charge on any atom is -0.310 e. The first-order valence-electron chi connectivity index (χ1n) is 31.2. The first-order valence-corrected chi connectivity index (χ1v) is 30.2. The fourth-order valence-electron chi connectivity index (χ4n) is 12.2. The molecule has 1 atom stereocenters. The largest absolute Gasteiger partial charge is 0.310 e. The molecule has 0 aliphatic carbocycles. The van der Waals surface area contributed by atoms with Crippen molar-refractivity contribution in [1.82, 2.24) is 0 Å². The van der Waals surface area contributed by atoms with Crippen LogP contribution in [0.2, 0.25) is 0 Å². The number of anilines is 12. The monoisotopic (exact) mass is 1170 g/mol. The maximum absolute atomic E-state index is 5.90. The molecule has 0 bridgehead atoms. The molecule has 0 aliphatic heterocycles. The molecule has 1 unspecified atom stereocenters. The van der Waals surface area contributed by atoms with Gasteiger partial charge < -0.3 is 19.6 Å². The van der Waals surface area contributed by atoms with Gasteiger partial charge in [0.05, 0.1) is 13.9 Å². The van der Waals surface area contributed by atoms with Crippen LogP contribution in [0.5, 0.6) is 0 Å². The van der Waals surface area contributed by atoms with Crippen LogP contribution in [0.1, 0.15) is 22.3 Å². The average Bonchev–Trinajstić information content (AvgIpc) is 1.10. The lowest BCUT2D eigenvalue weighted by molar-refractivity contribution is 1.27. The molecule has 0 saturated carbocycles. The minimum atomic E-state index is -0.417. The number of para-hydroxylation sites is 4. The summed E-state index contributed by atoms with van der Waals surface area (Å²) in [6.45, 7) is 8.73. The fraction of sp³-hybridized carbons (Fsp3) is 0.0476. The number of hydrogen-bond acceptors (Lipinski definition) is 4. The van der Waals surface area contributed by atoms with Crippen molar-refractivity contribution >= 4 is 99.6 Å². The Labute approximate surface area is 530 Å². The summed E-state index contributed by atoms with van der Waals surface area (Å²) in [7, 11) is -0.417.